The third kappa shape index (κ3) is 4.78. The summed E-state index contributed by atoms with van der Waals surface area (Å²) in [6.45, 7) is 6.58. The Morgan fingerprint density at radius 1 is 1.29 bits per heavy atom. The van der Waals surface area contributed by atoms with Crippen molar-refractivity contribution in [2.45, 2.75) is 55.5 Å². The monoisotopic (exact) mass is 575 g/mol. The van der Waals surface area contributed by atoms with Crippen LogP contribution < -0.4 is 4.31 Å². The average Bonchev–Trinajstić information content (AvgIpc) is 3.64. The number of Topliss-reactive ketones (excluding diaryl/α,β-unsaturated/α-hetero) is 1. The van der Waals surface area contributed by atoms with E-state index in [9.17, 15) is 17.6 Å². The number of allylic oxidation sites excluding steroid dienone is 2. The van der Waals surface area contributed by atoms with Crippen molar-refractivity contribution >= 4 is 43.9 Å². The molecule has 0 bridgehead atoms. The SMILES string of the molecule is C=CCN(c1nccs1)S(=O)(=O)c1ccc(CCC2CC[C@H](N3CCC4C(Cl)=C(F)C=CC43C)C2=O)cc1. The van der Waals surface area contributed by atoms with Crippen molar-refractivity contribution in [3.8, 4) is 0 Å². The molecular weight excluding hydrogens is 545 g/mol. The molecule has 1 aromatic heterocycles. The summed E-state index contributed by atoms with van der Waals surface area (Å²) in [6, 6.07) is 6.69. The second-order valence-electron chi connectivity index (χ2n) is 10.3. The molecule has 38 heavy (non-hydrogen) atoms. The van der Waals surface area contributed by atoms with Gasteiger partial charge in [-0.1, -0.05) is 35.9 Å². The number of aromatic nitrogens is 1. The van der Waals surface area contributed by atoms with Gasteiger partial charge in [-0.05, 0) is 62.8 Å². The maximum Gasteiger partial charge on any atom is 0.266 e. The van der Waals surface area contributed by atoms with Crippen LogP contribution in [0.1, 0.15) is 38.2 Å². The van der Waals surface area contributed by atoms with Gasteiger partial charge < -0.3 is 0 Å². The van der Waals surface area contributed by atoms with E-state index in [1.165, 1.54) is 27.8 Å². The van der Waals surface area contributed by atoms with Gasteiger partial charge in [-0.25, -0.2) is 22.1 Å². The smallest absolute Gasteiger partial charge is 0.266 e. The summed E-state index contributed by atoms with van der Waals surface area (Å²) >= 11 is 7.56. The molecule has 0 amide bonds. The molecule has 202 valence electrons. The minimum atomic E-state index is -3.77. The molecular formula is C28H31ClFN3O3S2. The minimum Gasteiger partial charge on any atom is -0.298 e. The lowest BCUT2D eigenvalue weighted by atomic mass is 9.81. The van der Waals surface area contributed by atoms with Gasteiger partial charge in [-0.2, -0.15) is 0 Å². The Hall–Kier alpha value is -2.33. The second-order valence-corrected chi connectivity index (χ2v) is 13.4. The number of ketones is 1. The first-order chi connectivity index (χ1) is 18.2. The Bertz CT molecular complexity index is 1370. The third-order valence-electron chi connectivity index (χ3n) is 8.20. The van der Waals surface area contributed by atoms with E-state index in [1.54, 1.807) is 23.7 Å². The number of hydrogen-bond donors (Lipinski definition) is 0. The molecule has 1 saturated heterocycles. The highest BCUT2D eigenvalue weighted by Gasteiger charge is 2.52. The molecule has 2 aromatic rings. The molecule has 3 aliphatic rings. The molecule has 6 nitrogen and oxygen atoms in total. The fourth-order valence-corrected chi connectivity index (χ4v) is 8.78. The number of nitrogens with zero attached hydrogens (tertiary/aromatic N) is 3. The van der Waals surface area contributed by atoms with E-state index >= 15 is 0 Å². The Morgan fingerprint density at radius 2 is 2.05 bits per heavy atom. The van der Waals surface area contributed by atoms with E-state index in [2.05, 4.69) is 23.4 Å². The zero-order valence-corrected chi connectivity index (χ0v) is 23.6. The van der Waals surface area contributed by atoms with Crippen LogP contribution in [0.2, 0.25) is 0 Å². The van der Waals surface area contributed by atoms with Gasteiger partial charge in [-0.15, -0.1) is 17.9 Å². The summed E-state index contributed by atoms with van der Waals surface area (Å²) in [6.07, 6.45) is 10.2. The molecule has 2 fully saturated rings. The number of carbonyl (C=O) groups excluding carboxylic acids is 1. The maximum atomic E-state index is 14.1. The van der Waals surface area contributed by atoms with Crippen molar-refractivity contribution in [2.24, 2.45) is 11.8 Å². The van der Waals surface area contributed by atoms with E-state index in [0.717, 1.165) is 31.4 Å². The summed E-state index contributed by atoms with van der Waals surface area (Å²) in [5, 5.41) is 2.40. The van der Waals surface area contributed by atoms with Crippen LogP contribution in [-0.4, -0.2) is 48.8 Å². The van der Waals surface area contributed by atoms with Gasteiger partial charge in [0.25, 0.3) is 10.0 Å². The van der Waals surface area contributed by atoms with Crippen molar-refractivity contribution in [3.05, 3.63) is 77.1 Å². The molecule has 0 radical (unpaired) electrons. The van der Waals surface area contributed by atoms with Crippen molar-refractivity contribution in [1.29, 1.82) is 0 Å². The lowest BCUT2D eigenvalue weighted by Crippen LogP contribution is -2.51. The van der Waals surface area contributed by atoms with Crippen LogP contribution in [0.3, 0.4) is 0 Å². The van der Waals surface area contributed by atoms with Crippen molar-refractivity contribution < 1.29 is 17.6 Å². The fourth-order valence-electron chi connectivity index (χ4n) is 6.12. The van der Waals surface area contributed by atoms with Gasteiger partial charge in [0.15, 0.2) is 10.9 Å². The highest BCUT2D eigenvalue weighted by Crippen LogP contribution is 2.49. The first-order valence-electron chi connectivity index (χ1n) is 12.8. The highest BCUT2D eigenvalue weighted by atomic mass is 35.5. The van der Waals surface area contributed by atoms with E-state index in [4.69, 9.17) is 11.6 Å². The zero-order chi connectivity index (χ0) is 27.1. The van der Waals surface area contributed by atoms with Crippen LogP contribution in [-0.2, 0) is 21.2 Å². The van der Waals surface area contributed by atoms with Crippen molar-refractivity contribution in [1.82, 2.24) is 9.88 Å². The zero-order valence-electron chi connectivity index (χ0n) is 21.2. The van der Waals surface area contributed by atoms with Gasteiger partial charge in [0.1, 0.15) is 5.83 Å². The molecule has 0 spiro atoms. The van der Waals surface area contributed by atoms with E-state index in [1.807, 2.05) is 18.2 Å². The molecule has 3 unspecified atom stereocenters. The Kier molecular flexibility index (Phi) is 7.66. The second kappa shape index (κ2) is 10.7. The number of anilines is 1. The molecule has 2 aliphatic carbocycles. The van der Waals surface area contributed by atoms with Gasteiger partial charge in [-0.3, -0.25) is 9.69 Å². The lowest BCUT2D eigenvalue weighted by Gasteiger charge is -2.41. The molecule has 10 heteroatoms. The van der Waals surface area contributed by atoms with E-state index in [-0.39, 0.29) is 46.0 Å². The molecule has 0 N–H and O–H groups in total. The third-order valence-corrected chi connectivity index (χ3v) is 11.3. The number of halogens is 2. The predicted molar refractivity (Wildman–Crippen MR) is 149 cm³/mol. The molecule has 1 aliphatic heterocycles. The van der Waals surface area contributed by atoms with Gasteiger partial charge in [0.05, 0.1) is 22.5 Å². The standard InChI is InChI=1S/C28H31ClFN3O3S2/c1-3-16-33(27-31-15-18-37-27)38(35,36)21-9-5-19(6-10-21)4-7-20-8-11-24(26(20)34)32-17-13-22-25(29)23(30)12-14-28(22,32)2/h3,5-6,9-10,12,14-15,18,20,22,24H,1,4,7-8,11,13,16-17H2,2H3/t20?,22?,24-,28?/m0/s1. The predicted octanol–water partition coefficient (Wildman–Crippen LogP) is 5.88. The quantitative estimate of drug-likeness (QED) is 0.350. The summed E-state index contributed by atoms with van der Waals surface area (Å²) in [7, 11) is -3.77. The molecule has 1 aromatic carbocycles. The number of hydrogen-bond acceptors (Lipinski definition) is 6. The Balaban J connectivity index is 1.22. The van der Waals surface area contributed by atoms with E-state index in [0.29, 0.717) is 18.0 Å². The topological polar surface area (TPSA) is 70.6 Å². The van der Waals surface area contributed by atoms with Gasteiger partial charge in [0, 0.05) is 35.5 Å². The van der Waals surface area contributed by atoms with Gasteiger partial charge >= 0.3 is 0 Å². The summed E-state index contributed by atoms with van der Waals surface area (Å²) < 4.78 is 41.8. The summed E-state index contributed by atoms with van der Waals surface area (Å²) in [4.78, 5) is 20.0. The molecule has 1 saturated carbocycles. The van der Waals surface area contributed by atoms with Crippen LogP contribution in [0.15, 0.2) is 76.4 Å². The number of sulfonamides is 1. The molecule has 2 heterocycles. The first-order valence-corrected chi connectivity index (χ1v) is 15.5. The largest absolute Gasteiger partial charge is 0.298 e. The van der Waals surface area contributed by atoms with Crippen LogP contribution in [0.25, 0.3) is 0 Å². The normalized spacial score (nSPS) is 27.7. The minimum absolute atomic E-state index is 0.0469. The average molecular weight is 576 g/mol. The fraction of sp³-hybridized carbons (Fsp3) is 0.429. The van der Waals surface area contributed by atoms with Gasteiger partial charge in [0.2, 0.25) is 0 Å². The van der Waals surface area contributed by atoms with Crippen molar-refractivity contribution in [3.63, 3.8) is 0 Å². The van der Waals surface area contributed by atoms with E-state index < -0.39 is 15.6 Å². The number of carbonyl (C=O) groups is 1. The lowest BCUT2D eigenvalue weighted by molar-refractivity contribution is -0.126. The van der Waals surface area contributed by atoms with Crippen LogP contribution >= 0.6 is 22.9 Å². The summed E-state index contributed by atoms with van der Waals surface area (Å²) in [5.74, 6) is -0.292. The number of likely N-dealkylation sites (tertiary alicyclic amines) is 1. The number of fused-ring (bicyclic) bond motifs is 1. The number of benzene rings is 1. The first kappa shape index (κ1) is 27.2. The molecule has 4 atom stereocenters. The van der Waals surface area contributed by atoms with Crippen LogP contribution in [0.4, 0.5) is 9.52 Å². The molecule has 5 rings (SSSR count). The van der Waals surface area contributed by atoms with Crippen LogP contribution in [0.5, 0.6) is 0 Å². The highest BCUT2D eigenvalue weighted by molar-refractivity contribution is 7.93. The van der Waals surface area contributed by atoms with Crippen LogP contribution in [0, 0.1) is 11.8 Å². The maximum absolute atomic E-state index is 14.1. The Morgan fingerprint density at radius 3 is 2.74 bits per heavy atom. The number of thiazole rings is 1. The number of aryl methyl sites for hydroxylation is 1. The van der Waals surface area contributed by atoms with Crippen molar-refractivity contribution in [2.75, 3.05) is 17.4 Å². The Labute approximate surface area is 232 Å². The number of rotatable bonds is 9. The summed E-state index contributed by atoms with van der Waals surface area (Å²) in [5.41, 5.74) is 0.543.